The summed E-state index contributed by atoms with van der Waals surface area (Å²) in [5.74, 6) is 0.773. The molecule has 1 saturated carbocycles. The van der Waals surface area contributed by atoms with Crippen LogP contribution in [0, 0.1) is 5.92 Å². The second-order valence-electron chi connectivity index (χ2n) is 3.93. The first-order valence-corrected chi connectivity index (χ1v) is 6.05. The summed E-state index contributed by atoms with van der Waals surface area (Å²) in [6.45, 7) is 2.27. The topological polar surface area (TPSA) is 12.0 Å². The summed E-state index contributed by atoms with van der Waals surface area (Å²) in [6.07, 6.45) is 2.58. The highest BCUT2D eigenvalue weighted by molar-refractivity contribution is 9.10. The Morgan fingerprint density at radius 2 is 2.21 bits per heavy atom. The van der Waals surface area contributed by atoms with Crippen LogP contribution >= 0.6 is 27.5 Å². The van der Waals surface area contributed by atoms with E-state index in [1.807, 2.05) is 18.2 Å². The van der Waals surface area contributed by atoms with Gasteiger partial charge in [-0.25, -0.2) is 0 Å². The first-order valence-electron chi connectivity index (χ1n) is 4.88. The number of hydrogen-bond donors (Lipinski definition) is 1. The van der Waals surface area contributed by atoms with E-state index in [9.17, 15) is 0 Å². The lowest BCUT2D eigenvalue weighted by molar-refractivity contribution is 0.303. The second kappa shape index (κ2) is 4.11. The molecule has 1 aromatic rings. The van der Waals surface area contributed by atoms with Crippen LogP contribution in [0.25, 0.3) is 0 Å². The molecule has 1 aliphatic carbocycles. The van der Waals surface area contributed by atoms with E-state index in [1.165, 1.54) is 12.8 Å². The van der Waals surface area contributed by atoms with Crippen LogP contribution in [0.15, 0.2) is 22.7 Å². The van der Waals surface area contributed by atoms with Crippen LogP contribution in [-0.4, -0.2) is 6.04 Å². The molecule has 0 spiro atoms. The van der Waals surface area contributed by atoms with E-state index in [0.717, 1.165) is 21.1 Å². The molecular formula is C11H13BrClN. The van der Waals surface area contributed by atoms with Crippen molar-refractivity contribution in [3.05, 3.63) is 27.7 Å². The molecule has 0 bridgehead atoms. The Morgan fingerprint density at radius 1 is 1.43 bits per heavy atom. The SMILES string of the molecule is CC1CCC1Nc1ccc(Br)cc1Cl. The van der Waals surface area contributed by atoms with Crippen LogP contribution in [0.5, 0.6) is 0 Å². The van der Waals surface area contributed by atoms with Crippen LogP contribution in [0.2, 0.25) is 5.02 Å². The molecule has 2 unspecified atom stereocenters. The fraction of sp³-hybridized carbons (Fsp3) is 0.455. The van der Waals surface area contributed by atoms with Gasteiger partial charge in [-0.1, -0.05) is 34.5 Å². The molecule has 0 amide bonds. The zero-order valence-electron chi connectivity index (χ0n) is 8.06. The van der Waals surface area contributed by atoms with Gasteiger partial charge in [0.25, 0.3) is 0 Å². The number of anilines is 1. The van der Waals surface area contributed by atoms with Gasteiger partial charge in [0.15, 0.2) is 0 Å². The largest absolute Gasteiger partial charge is 0.381 e. The highest BCUT2D eigenvalue weighted by Gasteiger charge is 2.26. The third-order valence-corrected chi connectivity index (χ3v) is 3.70. The maximum Gasteiger partial charge on any atom is 0.0648 e. The molecule has 3 heteroatoms. The maximum absolute atomic E-state index is 6.11. The monoisotopic (exact) mass is 273 g/mol. The molecule has 1 nitrogen and oxygen atoms in total. The van der Waals surface area contributed by atoms with Crippen LogP contribution in [0.4, 0.5) is 5.69 Å². The minimum atomic E-state index is 0.605. The molecule has 76 valence electrons. The quantitative estimate of drug-likeness (QED) is 0.847. The molecule has 0 aliphatic heterocycles. The molecule has 0 aromatic heterocycles. The van der Waals surface area contributed by atoms with Crippen LogP contribution in [-0.2, 0) is 0 Å². The molecule has 2 rings (SSSR count). The summed E-state index contributed by atoms with van der Waals surface area (Å²) in [4.78, 5) is 0. The van der Waals surface area contributed by atoms with E-state index in [1.54, 1.807) is 0 Å². The Kier molecular flexibility index (Phi) is 3.03. The Hall–Kier alpha value is -0.210. The Labute approximate surface area is 98.0 Å². The minimum absolute atomic E-state index is 0.605. The first kappa shape index (κ1) is 10.3. The van der Waals surface area contributed by atoms with Crippen LogP contribution in [0.3, 0.4) is 0 Å². The predicted molar refractivity (Wildman–Crippen MR) is 65.0 cm³/mol. The highest BCUT2D eigenvalue weighted by atomic mass is 79.9. The van der Waals surface area contributed by atoms with E-state index < -0.39 is 0 Å². The van der Waals surface area contributed by atoms with Crippen molar-refractivity contribution in [1.29, 1.82) is 0 Å². The Bertz CT molecular complexity index is 340. The maximum atomic E-state index is 6.11. The average Bonchev–Trinajstić information content (AvgIpc) is 2.14. The van der Waals surface area contributed by atoms with Gasteiger partial charge in [0.05, 0.1) is 10.7 Å². The molecule has 2 atom stereocenters. The molecule has 1 N–H and O–H groups in total. The molecule has 0 heterocycles. The van der Waals surface area contributed by atoms with E-state index in [2.05, 4.69) is 28.2 Å². The number of halogens is 2. The van der Waals surface area contributed by atoms with Gasteiger partial charge in [0, 0.05) is 10.5 Å². The fourth-order valence-corrected chi connectivity index (χ4v) is 2.42. The fourth-order valence-electron chi connectivity index (χ4n) is 1.69. The lowest BCUT2D eigenvalue weighted by Crippen LogP contribution is -2.36. The van der Waals surface area contributed by atoms with Crippen molar-refractivity contribution in [3.63, 3.8) is 0 Å². The third-order valence-electron chi connectivity index (χ3n) is 2.89. The molecule has 0 radical (unpaired) electrons. The molecular weight excluding hydrogens is 261 g/mol. The van der Waals surface area contributed by atoms with E-state index in [4.69, 9.17) is 11.6 Å². The van der Waals surface area contributed by atoms with Crippen molar-refractivity contribution < 1.29 is 0 Å². The van der Waals surface area contributed by atoms with Gasteiger partial charge < -0.3 is 5.32 Å². The number of benzene rings is 1. The summed E-state index contributed by atoms with van der Waals surface area (Å²) in [6, 6.07) is 6.57. The van der Waals surface area contributed by atoms with Crippen molar-refractivity contribution in [3.8, 4) is 0 Å². The summed E-state index contributed by atoms with van der Waals surface area (Å²) in [5.41, 5.74) is 1.05. The van der Waals surface area contributed by atoms with Crippen molar-refractivity contribution >= 4 is 33.2 Å². The third kappa shape index (κ3) is 2.06. The average molecular weight is 275 g/mol. The van der Waals surface area contributed by atoms with Crippen molar-refractivity contribution in [1.82, 2.24) is 0 Å². The van der Waals surface area contributed by atoms with Crippen molar-refractivity contribution in [2.75, 3.05) is 5.32 Å². The van der Waals surface area contributed by atoms with Crippen molar-refractivity contribution in [2.45, 2.75) is 25.8 Å². The van der Waals surface area contributed by atoms with Gasteiger partial charge >= 0.3 is 0 Å². The summed E-state index contributed by atoms with van der Waals surface area (Å²) in [7, 11) is 0. The highest BCUT2D eigenvalue weighted by Crippen LogP contribution is 2.33. The summed E-state index contributed by atoms with van der Waals surface area (Å²) in [5, 5.41) is 4.26. The number of nitrogens with one attached hydrogen (secondary N) is 1. The van der Waals surface area contributed by atoms with E-state index >= 15 is 0 Å². The smallest absolute Gasteiger partial charge is 0.0648 e. The molecule has 0 saturated heterocycles. The zero-order valence-corrected chi connectivity index (χ0v) is 10.4. The first-order chi connectivity index (χ1) is 6.66. The van der Waals surface area contributed by atoms with Gasteiger partial charge in [-0.3, -0.25) is 0 Å². The second-order valence-corrected chi connectivity index (χ2v) is 5.25. The summed E-state index contributed by atoms with van der Waals surface area (Å²) >= 11 is 9.50. The minimum Gasteiger partial charge on any atom is -0.381 e. The van der Waals surface area contributed by atoms with Crippen molar-refractivity contribution in [2.24, 2.45) is 5.92 Å². The standard InChI is InChI=1S/C11H13BrClN/c1-7-2-4-10(7)14-11-5-3-8(12)6-9(11)13/h3,5-7,10,14H,2,4H2,1H3. The van der Waals surface area contributed by atoms with Gasteiger partial charge in [-0.05, 0) is 37.0 Å². The lowest BCUT2D eigenvalue weighted by Gasteiger charge is -2.35. The predicted octanol–water partition coefficient (Wildman–Crippen LogP) is 4.31. The Morgan fingerprint density at radius 3 is 2.71 bits per heavy atom. The summed E-state index contributed by atoms with van der Waals surface area (Å²) < 4.78 is 1.02. The molecule has 14 heavy (non-hydrogen) atoms. The Balaban J connectivity index is 2.09. The lowest BCUT2D eigenvalue weighted by atomic mass is 9.81. The number of hydrogen-bond acceptors (Lipinski definition) is 1. The molecule has 1 aromatic carbocycles. The normalized spacial score (nSPS) is 25.6. The van der Waals surface area contributed by atoms with E-state index in [-0.39, 0.29) is 0 Å². The van der Waals surface area contributed by atoms with Crippen LogP contribution in [0.1, 0.15) is 19.8 Å². The van der Waals surface area contributed by atoms with E-state index in [0.29, 0.717) is 6.04 Å². The molecule has 1 aliphatic rings. The van der Waals surface area contributed by atoms with Gasteiger partial charge in [0.1, 0.15) is 0 Å². The number of rotatable bonds is 2. The van der Waals surface area contributed by atoms with Crippen LogP contribution < -0.4 is 5.32 Å². The van der Waals surface area contributed by atoms with Gasteiger partial charge in [-0.15, -0.1) is 0 Å². The van der Waals surface area contributed by atoms with Gasteiger partial charge in [-0.2, -0.15) is 0 Å². The zero-order chi connectivity index (χ0) is 10.1. The molecule has 1 fully saturated rings. The van der Waals surface area contributed by atoms with Gasteiger partial charge in [0.2, 0.25) is 0 Å².